The number of aromatic nitrogens is 5. The van der Waals surface area contributed by atoms with Gasteiger partial charge in [0.1, 0.15) is 23.6 Å². The van der Waals surface area contributed by atoms with E-state index in [4.69, 9.17) is 0 Å². The van der Waals surface area contributed by atoms with Crippen molar-refractivity contribution in [2.75, 3.05) is 0 Å². The van der Waals surface area contributed by atoms with Gasteiger partial charge in [-0.15, -0.1) is 0 Å². The van der Waals surface area contributed by atoms with E-state index in [1.807, 2.05) is 12.1 Å². The highest BCUT2D eigenvalue weighted by atomic mass is 19.1. The Kier molecular flexibility index (Phi) is 5.09. The number of hydrogen-bond acceptors (Lipinski definition) is 4. The zero-order valence-electron chi connectivity index (χ0n) is 16.3. The number of nitrogens with one attached hydrogen (secondary N) is 1. The molecule has 3 aromatic heterocycles. The predicted octanol–water partition coefficient (Wildman–Crippen LogP) is 3.28. The number of halogens is 2. The summed E-state index contributed by atoms with van der Waals surface area (Å²) in [4.78, 5) is 21.1. The molecule has 0 aliphatic rings. The fourth-order valence-corrected chi connectivity index (χ4v) is 3.20. The third-order valence-corrected chi connectivity index (χ3v) is 4.69. The van der Waals surface area contributed by atoms with Gasteiger partial charge in [-0.3, -0.25) is 9.36 Å². The van der Waals surface area contributed by atoms with Crippen LogP contribution in [0.25, 0.3) is 11.5 Å². The quantitative estimate of drug-likeness (QED) is 0.550. The van der Waals surface area contributed by atoms with Gasteiger partial charge in [-0.05, 0) is 37.6 Å². The van der Waals surface area contributed by atoms with Crippen molar-refractivity contribution < 1.29 is 13.6 Å². The molecule has 0 fully saturated rings. The molecule has 0 aliphatic heterocycles. The van der Waals surface area contributed by atoms with Gasteiger partial charge in [0.25, 0.3) is 5.91 Å². The Morgan fingerprint density at radius 2 is 2.00 bits per heavy atom. The Balaban J connectivity index is 1.50. The second-order valence-electron chi connectivity index (χ2n) is 6.73. The van der Waals surface area contributed by atoms with Gasteiger partial charge in [0.05, 0.1) is 17.0 Å². The number of rotatable bonds is 5. The number of aryl methyl sites for hydroxylation is 1. The van der Waals surface area contributed by atoms with Crippen LogP contribution in [-0.2, 0) is 6.54 Å². The van der Waals surface area contributed by atoms with Crippen LogP contribution in [0.4, 0.5) is 8.78 Å². The average Bonchev–Trinajstić information content (AvgIpc) is 3.35. The predicted molar refractivity (Wildman–Crippen MR) is 105 cm³/mol. The maximum Gasteiger partial charge on any atom is 0.255 e. The molecule has 0 radical (unpaired) electrons. The highest BCUT2D eigenvalue weighted by Gasteiger charge is 2.21. The van der Waals surface area contributed by atoms with Gasteiger partial charge in [0.15, 0.2) is 5.82 Å². The summed E-state index contributed by atoms with van der Waals surface area (Å²) in [6, 6.07) is 6.91. The summed E-state index contributed by atoms with van der Waals surface area (Å²) in [5, 5.41) is 7.09. The molecule has 1 amide bonds. The van der Waals surface area contributed by atoms with Crippen molar-refractivity contribution >= 4 is 5.91 Å². The third-order valence-electron chi connectivity index (χ3n) is 4.69. The van der Waals surface area contributed by atoms with Crippen molar-refractivity contribution in [3.63, 3.8) is 0 Å². The van der Waals surface area contributed by atoms with E-state index in [-0.39, 0.29) is 18.1 Å². The van der Waals surface area contributed by atoms with E-state index in [2.05, 4.69) is 20.4 Å². The number of nitrogens with zero attached hydrogens (tertiary/aromatic N) is 5. The summed E-state index contributed by atoms with van der Waals surface area (Å²) in [5.41, 5.74) is 2.16. The van der Waals surface area contributed by atoms with Gasteiger partial charge >= 0.3 is 0 Å². The summed E-state index contributed by atoms with van der Waals surface area (Å²) < 4.78 is 30.4. The molecule has 0 spiro atoms. The zero-order chi connectivity index (χ0) is 21.3. The molecule has 0 unspecified atom stereocenters. The van der Waals surface area contributed by atoms with Crippen LogP contribution in [0, 0.1) is 25.5 Å². The van der Waals surface area contributed by atoms with Crippen molar-refractivity contribution in [2.24, 2.45) is 0 Å². The first-order valence-corrected chi connectivity index (χ1v) is 9.17. The number of hydrogen-bond donors (Lipinski definition) is 1. The Morgan fingerprint density at radius 1 is 1.17 bits per heavy atom. The van der Waals surface area contributed by atoms with Gasteiger partial charge in [-0.1, -0.05) is 6.07 Å². The standard InChI is InChI=1S/C21H18F2N6O/c1-13-20(14(2)29(27-13)18-5-4-16(22)9-17(18)23)21(30)26-11-15-3-6-19(25-10-15)28-8-7-24-12-28/h3-10,12H,11H2,1-2H3,(H,26,30). The SMILES string of the molecule is Cc1nn(-c2ccc(F)cc2F)c(C)c1C(=O)NCc1ccc(-n2ccnc2)nc1. The Morgan fingerprint density at radius 3 is 2.67 bits per heavy atom. The van der Waals surface area contributed by atoms with Crippen molar-refractivity contribution in [3.05, 3.63) is 89.4 Å². The molecule has 3 heterocycles. The van der Waals surface area contributed by atoms with E-state index in [1.165, 1.54) is 10.7 Å². The summed E-state index contributed by atoms with van der Waals surface area (Å²) in [5.74, 6) is -1.05. The number of carbonyl (C=O) groups excluding carboxylic acids is 1. The molecular weight excluding hydrogens is 390 g/mol. The highest BCUT2D eigenvalue weighted by Crippen LogP contribution is 2.21. The van der Waals surface area contributed by atoms with Crippen LogP contribution in [-0.4, -0.2) is 30.2 Å². The second-order valence-corrected chi connectivity index (χ2v) is 6.73. The molecule has 30 heavy (non-hydrogen) atoms. The topological polar surface area (TPSA) is 77.6 Å². The molecule has 4 rings (SSSR count). The zero-order valence-corrected chi connectivity index (χ0v) is 16.3. The van der Waals surface area contributed by atoms with Gasteiger partial charge in [0.2, 0.25) is 0 Å². The van der Waals surface area contributed by atoms with Crippen molar-refractivity contribution in [1.82, 2.24) is 29.6 Å². The lowest BCUT2D eigenvalue weighted by atomic mass is 10.1. The molecule has 1 N–H and O–H groups in total. The van der Waals surface area contributed by atoms with Crippen molar-refractivity contribution in [2.45, 2.75) is 20.4 Å². The first kappa shape index (κ1) is 19.4. The van der Waals surface area contributed by atoms with Gasteiger partial charge in [-0.25, -0.2) is 23.4 Å². The summed E-state index contributed by atoms with van der Waals surface area (Å²) in [6.45, 7) is 3.60. The molecular formula is C21H18F2N6O. The van der Waals surface area contributed by atoms with Crippen LogP contribution in [0.5, 0.6) is 0 Å². The average molecular weight is 408 g/mol. The number of benzene rings is 1. The molecule has 0 atom stereocenters. The smallest absolute Gasteiger partial charge is 0.255 e. The van der Waals surface area contributed by atoms with Crippen LogP contribution >= 0.6 is 0 Å². The Labute approximate surface area is 171 Å². The van der Waals surface area contributed by atoms with Crippen LogP contribution < -0.4 is 5.32 Å². The van der Waals surface area contributed by atoms with E-state index in [0.717, 1.165) is 23.5 Å². The fraction of sp³-hybridized carbons (Fsp3) is 0.143. The second kappa shape index (κ2) is 7.86. The van der Waals surface area contributed by atoms with E-state index in [9.17, 15) is 13.6 Å². The molecule has 0 saturated carbocycles. The molecule has 0 aliphatic carbocycles. The van der Waals surface area contributed by atoms with E-state index in [0.29, 0.717) is 17.0 Å². The summed E-state index contributed by atoms with van der Waals surface area (Å²) in [7, 11) is 0. The first-order chi connectivity index (χ1) is 14.4. The lowest BCUT2D eigenvalue weighted by Gasteiger charge is -2.08. The lowest BCUT2D eigenvalue weighted by molar-refractivity contribution is 0.0949. The van der Waals surface area contributed by atoms with E-state index < -0.39 is 11.6 Å². The molecule has 7 nitrogen and oxygen atoms in total. The minimum atomic E-state index is -0.753. The van der Waals surface area contributed by atoms with Crippen LogP contribution in [0.3, 0.4) is 0 Å². The number of amides is 1. The monoisotopic (exact) mass is 408 g/mol. The Bertz CT molecular complexity index is 1200. The maximum absolute atomic E-state index is 14.1. The van der Waals surface area contributed by atoms with Crippen molar-refractivity contribution in [3.8, 4) is 11.5 Å². The molecule has 0 bridgehead atoms. The number of imidazole rings is 1. The largest absolute Gasteiger partial charge is 0.348 e. The lowest BCUT2D eigenvalue weighted by Crippen LogP contribution is -2.24. The highest BCUT2D eigenvalue weighted by molar-refractivity contribution is 5.96. The minimum Gasteiger partial charge on any atom is -0.348 e. The number of carbonyl (C=O) groups is 1. The van der Waals surface area contributed by atoms with Gasteiger partial charge < -0.3 is 5.32 Å². The van der Waals surface area contributed by atoms with Crippen LogP contribution in [0.1, 0.15) is 27.3 Å². The van der Waals surface area contributed by atoms with Gasteiger partial charge in [-0.2, -0.15) is 5.10 Å². The molecule has 0 saturated heterocycles. The first-order valence-electron chi connectivity index (χ1n) is 9.17. The van der Waals surface area contributed by atoms with Gasteiger partial charge in [0, 0.05) is 31.2 Å². The number of pyridine rings is 1. The summed E-state index contributed by atoms with van der Waals surface area (Å²) in [6.07, 6.45) is 6.78. The third kappa shape index (κ3) is 3.69. The molecule has 9 heteroatoms. The van der Waals surface area contributed by atoms with E-state index >= 15 is 0 Å². The fourth-order valence-electron chi connectivity index (χ4n) is 3.20. The summed E-state index contributed by atoms with van der Waals surface area (Å²) >= 11 is 0. The van der Waals surface area contributed by atoms with Crippen LogP contribution in [0.2, 0.25) is 0 Å². The van der Waals surface area contributed by atoms with Crippen LogP contribution in [0.15, 0.2) is 55.2 Å². The normalized spacial score (nSPS) is 10.9. The Hall–Kier alpha value is -3.88. The van der Waals surface area contributed by atoms with Crippen molar-refractivity contribution in [1.29, 1.82) is 0 Å². The maximum atomic E-state index is 14.1. The minimum absolute atomic E-state index is 0.0790. The molecule has 152 valence electrons. The molecule has 1 aromatic carbocycles. The van der Waals surface area contributed by atoms with E-state index in [1.54, 1.807) is 43.3 Å². The molecule has 4 aromatic rings.